The molecular formula is C15H12N2O3S. The molecule has 106 valence electrons. The monoisotopic (exact) mass is 300 g/mol. The van der Waals surface area contributed by atoms with Crippen LogP contribution in [0, 0.1) is 6.92 Å². The van der Waals surface area contributed by atoms with Crippen molar-refractivity contribution < 1.29 is 14.6 Å². The van der Waals surface area contributed by atoms with Crippen LogP contribution in [0.25, 0.3) is 11.0 Å². The Morgan fingerprint density at radius 3 is 3.00 bits per heavy atom. The number of carboxylic acids is 1. The molecule has 2 aromatic heterocycles. The number of rotatable bonds is 4. The van der Waals surface area contributed by atoms with Crippen LogP contribution in [0.1, 0.15) is 11.3 Å². The lowest BCUT2D eigenvalue weighted by atomic mass is 10.2. The molecule has 0 bridgehead atoms. The summed E-state index contributed by atoms with van der Waals surface area (Å²) in [7, 11) is 0. The number of fused-ring (bicyclic) bond motifs is 1. The number of para-hydroxylation sites is 1. The van der Waals surface area contributed by atoms with E-state index in [9.17, 15) is 4.79 Å². The van der Waals surface area contributed by atoms with Gasteiger partial charge in [-0.25, -0.2) is 4.79 Å². The Balaban J connectivity index is 2.05. The Hall–Kier alpha value is -2.60. The molecule has 1 N–H and O–H groups in total. The number of ether oxygens (including phenoxy) is 1. The van der Waals surface area contributed by atoms with Crippen LogP contribution in [0.15, 0.2) is 41.9 Å². The van der Waals surface area contributed by atoms with E-state index in [-0.39, 0.29) is 0 Å². The minimum atomic E-state index is -1.01. The minimum absolute atomic E-state index is 0.397. The Bertz CT molecular complexity index is 832. The molecule has 0 fully saturated rings. The summed E-state index contributed by atoms with van der Waals surface area (Å²) in [5, 5.41) is 10.7. The van der Waals surface area contributed by atoms with Crippen molar-refractivity contribution in [1.29, 1.82) is 0 Å². The fraction of sp³-hybridized carbons (Fsp3) is 0.0667. The molecule has 0 radical (unpaired) electrons. The fourth-order valence-electron chi connectivity index (χ4n) is 1.94. The third-order valence-electron chi connectivity index (χ3n) is 2.95. The van der Waals surface area contributed by atoms with E-state index in [0.717, 1.165) is 16.6 Å². The van der Waals surface area contributed by atoms with Crippen LogP contribution in [0.2, 0.25) is 0 Å². The number of hydrogen-bond acceptors (Lipinski definition) is 4. The number of thiazole rings is 1. The van der Waals surface area contributed by atoms with Gasteiger partial charge in [0.15, 0.2) is 4.96 Å². The maximum atomic E-state index is 10.7. The lowest BCUT2D eigenvalue weighted by Crippen LogP contribution is -1.92. The van der Waals surface area contributed by atoms with Crippen molar-refractivity contribution in [2.75, 3.05) is 0 Å². The molecule has 0 aliphatic heterocycles. The first-order valence-corrected chi connectivity index (χ1v) is 7.13. The largest absolute Gasteiger partial charge is 0.478 e. The van der Waals surface area contributed by atoms with Crippen LogP contribution in [0.5, 0.6) is 11.6 Å². The van der Waals surface area contributed by atoms with Gasteiger partial charge >= 0.3 is 5.97 Å². The van der Waals surface area contributed by atoms with Crippen LogP contribution >= 0.6 is 11.3 Å². The lowest BCUT2D eigenvalue weighted by Gasteiger charge is -2.06. The Morgan fingerprint density at radius 1 is 1.43 bits per heavy atom. The van der Waals surface area contributed by atoms with Crippen LogP contribution in [0.4, 0.5) is 0 Å². The van der Waals surface area contributed by atoms with Gasteiger partial charge in [-0.3, -0.25) is 4.40 Å². The fourth-order valence-corrected chi connectivity index (χ4v) is 2.65. The van der Waals surface area contributed by atoms with Gasteiger partial charge < -0.3 is 9.84 Å². The Labute approximate surface area is 124 Å². The quantitative estimate of drug-likeness (QED) is 0.748. The zero-order valence-corrected chi connectivity index (χ0v) is 12.0. The standard InChI is InChI=1S/C15H12N2O3S/c1-10-4-2-3-5-12(10)20-14-11(6-7-13(18)19)17-8-9-21-15(17)16-14/h2-9H,1H3,(H,18,19)/b7-6+. The summed E-state index contributed by atoms with van der Waals surface area (Å²) >= 11 is 1.46. The van der Waals surface area contributed by atoms with Gasteiger partial charge in [0.25, 0.3) is 0 Å². The second kappa shape index (κ2) is 5.41. The first kappa shape index (κ1) is 13.4. The summed E-state index contributed by atoms with van der Waals surface area (Å²) in [4.78, 5) is 15.9. The normalized spacial score (nSPS) is 11.3. The van der Waals surface area contributed by atoms with E-state index in [0.29, 0.717) is 17.3 Å². The molecule has 3 rings (SSSR count). The average Bonchev–Trinajstić information content (AvgIpc) is 3.00. The molecule has 0 amide bonds. The van der Waals surface area contributed by atoms with E-state index in [1.807, 2.05) is 42.8 Å². The molecule has 5 nitrogen and oxygen atoms in total. The molecular weight excluding hydrogens is 288 g/mol. The van der Waals surface area contributed by atoms with Crippen molar-refractivity contribution in [1.82, 2.24) is 9.38 Å². The van der Waals surface area contributed by atoms with E-state index in [1.165, 1.54) is 17.4 Å². The lowest BCUT2D eigenvalue weighted by molar-refractivity contribution is -0.131. The number of benzene rings is 1. The second-order valence-corrected chi connectivity index (χ2v) is 5.27. The molecule has 2 heterocycles. The number of carboxylic acid groups (broad SMARTS) is 1. The Kier molecular flexibility index (Phi) is 3.45. The zero-order chi connectivity index (χ0) is 14.8. The number of nitrogens with zero attached hydrogens (tertiary/aromatic N) is 2. The second-order valence-electron chi connectivity index (χ2n) is 4.40. The maximum absolute atomic E-state index is 10.7. The number of hydrogen-bond donors (Lipinski definition) is 1. The SMILES string of the molecule is Cc1ccccc1Oc1nc2sccn2c1/C=C/C(=O)O. The maximum Gasteiger partial charge on any atom is 0.328 e. The Morgan fingerprint density at radius 2 is 2.24 bits per heavy atom. The molecule has 1 aromatic carbocycles. The molecule has 0 saturated heterocycles. The number of aryl methyl sites for hydroxylation is 1. The highest BCUT2D eigenvalue weighted by Crippen LogP contribution is 2.30. The number of carbonyl (C=O) groups is 1. The number of aliphatic carboxylic acids is 1. The zero-order valence-electron chi connectivity index (χ0n) is 11.2. The highest BCUT2D eigenvalue weighted by Gasteiger charge is 2.14. The van der Waals surface area contributed by atoms with Gasteiger partial charge in [-0.2, -0.15) is 4.98 Å². The summed E-state index contributed by atoms with van der Waals surface area (Å²) in [5.41, 5.74) is 1.60. The van der Waals surface area contributed by atoms with E-state index in [4.69, 9.17) is 9.84 Å². The van der Waals surface area contributed by atoms with Gasteiger partial charge in [0.05, 0.1) is 0 Å². The first-order valence-electron chi connectivity index (χ1n) is 6.25. The predicted molar refractivity (Wildman–Crippen MR) is 81.0 cm³/mol. The predicted octanol–water partition coefficient (Wildman–Crippen LogP) is 3.59. The van der Waals surface area contributed by atoms with E-state index in [2.05, 4.69) is 4.98 Å². The van der Waals surface area contributed by atoms with Crippen LogP contribution in [-0.2, 0) is 4.79 Å². The van der Waals surface area contributed by atoms with Gasteiger partial charge in [-0.1, -0.05) is 18.2 Å². The van der Waals surface area contributed by atoms with Crippen molar-refractivity contribution in [3.8, 4) is 11.6 Å². The molecule has 0 saturated carbocycles. The van der Waals surface area contributed by atoms with Crippen LogP contribution in [-0.4, -0.2) is 20.5 Å². The molecule has 6 heteroatoms. The first-order chi connectivity index (χ1) is 10.1. The minimum Gasteiger partial charge on any atom is -0.478 e. The van der Waals surface area contributed by atoms with Crippen LogP contribution in [0.3, 0.4) is 0 Å². The summed E-state index contributed by atoms with van der Waals surface area (Å²) in [6, 6.07) is 7.61. The molecule has 0 spiro atoms. The molecule has 0 unspecified atom stereocenters. The van der Waals surface area contributed by atoms with Crippen molar-refractivity contribution in [2.45, 2.75) is 6.92 Å². The molecule has 0 atom stereocenters. The third-order valence-corrected chi connectivity index (χ3v) is 3.71. The van der Waals surface area contributed by atoms with Gasteiger partial charge in [0, 0.05) is 17.7 Å². The van der Waals surface area contributed by atoms with Gasteiger partial charge in [-0.05, 0) is 24.6 Å². The molecule has 21 heavy (non-hydrogen) atoms. The van der Waals surface area contributed by atoms with Gasteiger partial charge in [-0.15, -0.1) is 11.3 Å². The molecule has 0 aliphatic rings. The number of aromatic nitrogens is 2. The third kappa shape index (κ3) is 2.66. The van der Waals surface area contributed by atoms with E-state index in [1.54, 1.807) is 4.40 Å². The smallest absolute Gasteiger partial charge is 0.328 e. The molecule has 0 aliphatic carbocycles. The van der Waals surface area contributed by atoms with E-state index < -0.39 is 5.97 Å². The van der Waals surface area contributed by atoms with E-state index >= 15 is 0 Å². The summed E-state index contributed by atoms with van der Waals surface area (Å²) in [6.07, 6.45) is 4.40. The highest BCUT2D eigenvalue weighted by molar-refractivity contribution is 7.15. The van der Waals surface area contributed by atoms with Crippen molar-refractivity contribution in [2.24, 2.45) is 0 Å². The topological polar surface area (TPSA) is 63.8 Å². The summed E-state index contributed by atoms with van der Waals surface area (Å²) in [6.45, 7) is 1.94. The van der Waals surface area contributed by atoms with Crippen LogP contribution < -0.4 is 4.74 Å². The highest BCUT2D eigenvalue weighted by atomic mass is 32.1. The van der Waals surface area contributed by atoms with Gasteiger partial charge in [0.1, 0.15) is 11.4 Å². The molecule has 3 aromatic rings. The summed E-state index contributed by atoms with van der Waals surface area (Å²) < 4.78 is 7.65. The van der Waals surface area contributed by atoms with Crippen molar-refractivity contribution in [3.63, 3.8) is 0 Å². The van der Waals surface area contributed by atoms with Crippen molar-refractivity contribution >= 4 is 28.3 Å². The number of imidazole rings is 1. The average molecular weight is 300 g/mol. The summed E-state index contributed by atoms with van der Waals surface area (Å²) in [5.74, 6) is 0.0869. The van der Waals surface area contributed by atoms with Crippen molar-refractivity contribution in [3.05, 3.63) is 53.2 Å². The van der Waals surface area contributed by atoms with Gasteiger partial charge in [0.2, 0.25) is 5.88 Å².